The van der Waals surface area contributed by atoms with E-state index in [1.165, 1.54) is 0 Å². The standard InChI is InChI=1S/C28H27N5O4S2/c1-18-31-33-28(39-18)38-17-21-14-20(10-13-25(21)37-3)16-29-32-27(35)23-6-4-5-7-24(23)30-26(34)15-19-8-11-22(36-2)12-9-19/h4-14,16H,15,17H2,1-3H3,(H,30,34)(H,32,35). The van der Waals surface area contributed by atoms with Crippen LogP contribution in [0.1, 0.15) is 32.1 Å². The van der Waals surface area contributed by atoms with Gasteiger partial charge >= 0.3 is 0 Å². The van der Waals surface area contributed by atoms with Gasteiger partial charge in [0.1, 0.15) is 16.5 Å². The molecule has 0 bridgehead atoms. The highest BCUT2D eigenvalue weighted by atomic mass is 32.2. The van der Waals surface area contributed by atoms with Gasteiger partial charge in [0.25, 0.3) is 5.91 Å². The average Bonchev–Trinajstić information content (AvgIpc) is 3.37. The summed E-state index contributed by atoms with van der Waals surface area (Å²) in [7, 11) is 3.21. The molecule has 0 saturated heterocycles. The Morgan fingerprint density at radius 1 is 1.03 bits per heavy atom. The first-order valence-corrected chi connectivity index (χ1v) is 13.7. The predicted octanol–water partition coefficient (Wildman–Crippen LogP) is 5.10. The highest BCUT2D eigenvalue weighted by Crippen LogP contribution is 2.30. The molecule has 200 valence electrons. The van der Waals surface area contributed by atoms with Crippen LogP contribution in [0, 0.1) is 6.92 Å². The zero-order valence-electron chi connectivity index (χ0n) is 21.6. The van der Waals surface area contributed by atoms with E-state index >= 15 is 0 Å². The van der Waals surface area contributed by atoms with E-state index in [-0.39, 0.29) is 12.3 Å². The molecular weight excluding hydrogens is 534 g/mol. The fourth-order valence-electron chi connectivity index (χ4n) is 3.61. The minimum Gasteiger partial charge on any atom is -0.497 e. The van der Waals surface area contributed by atoms with Gasteiger partial charge in [-0.25, -0.2) is 5.43 Å². The highest BCUT2D eigenvalue weighted by molar-refractivity contribution is 8.00. The van der Waals surface area contributed by atoms with Gasteiger partial charge in [-0.2, -0.15) is 5.10 Å². The van der Waals surface area contributed by atoms with Gasteiger partial charge in [-0.1, -0.05) is 47.4 Å². The maximum Gasteiger partial charge on any atom is 0.273 e. The number of thioether (sulfide) groups is 1. The summed E-state index contributed by atoms with van der Waals surface area (Å²) < 4.78 is 11.5. The second-order valence-electron chi connectivity index (χ2n) is 8.26. The lowest BCUT2D eigenvalue weighted by Gasteiger charge is -2.10. The summed E-state index contributed by atoms with van der Waals surface area (Å²) >= 11 is 3.12. The number of hydrogen-bond acceptors (Lipinski definition) is 9. The Morgan fingerprint density at radius 2 is 1.82 bits per heavy atom. The van der Waals surface area contributed by atoms with Gasteiger partial charge in [0, 0.05) is 11.3 Å². The van der Waals surface area contributed by atoms with E-state index in [0.717, 1.165) is 37.5 Å². The summed E-state index contributed by atoms with van der Waals surface area (Å²) in [6.07, 6.45) is 1.72. The third-order valence-corrected chi connectivity index (χ3v) is 7.53. The fraction of sp³-hybridized carbons (Fsp3) is 0.179. The van der Waals surface area contributed by atoms with Crippen LogP contribution < -0.4 is 20.2 Å². The van der Waals surface area contributed by atoms with Crippen LogP contribution in [0.3, 0.4) is 0 Å². The number of anilines is 1. The smallest absolute Gasteiger partial charge is 0.273 e. The van der Waals surface area contributed by atoms with Gasteiger partial charge in [-0.15, -0.1) is 10.2 Å². The van der Waals surface area contributed by atoms with Crippen molar-refractivity contribution in [3.63, 3.8) is 0 Å². The van der Waals surface area contributed by atoms with Gasteiger partial charge in [-0.3, -0.25) is 9.59 Å². The van der Waals surface area contributed by atoms with Crippen molar-refractivity contribution in [2.24, 2.45) is 5.10 Å². The largest absolute Gasteiger partial charge is 0.497 e. The number of aromatic nitrogens is 2. The molecule has 0 radical (unpaired) electrons. The van der Waals surface area contributed by atoms with Crippen LogP contribution in [-0.2, 0) is 17.0 Å². The molecule has 4 rings (SSSR count). The van der Waals surface area contributed by atoms with E-state index < -0.39 is 5.91 Å². The number of para-hydroxylation sites is 1. The van der Waals surface area contributed by atoms with E-state index in [1.807, 2.05) is 37.3 Å². The number of benzene rings is 3. The summed E-state index contributed by atoms with van der Waals surface area (Å²) in [5.74, 6) is 1.44. The van der Waals surface area contributed by atoms with Crippen molar-refractivity contribution in [2.75, 3.05) is 19.5 Å². The number of methoxy groups -OCH3 is 2. The number of hydrogen-bond donors (Lipinski definition) is 2. The molecule has 2 amide bonds. The first-order valence-electron chi connectivity index (χ1n) is 11.9. The van der Waals surface area contributed by atoms with E-state index in [0.29, 0.717) is 17.0 Å². The first kappa shape index (κ1) is 27.8. The molecule has 1 heterocycles. The SMILES string of the molecule is COc1ccc(CC(=O)Nc2ccccc2C(=O)NN=Cc2ccc(OC)c(CSc3nnc(C)s3)c2)cc1. The number of nitrogens with zero attached hydrogens (tertiary/aromatic N) is 3. The predicted molar refractivity (Wildman–Crippen MR) is 154 cm³/mol. The van der Waals surface area contributed by atoms with Crippen molar-refractivity contribution >= 4 is 46.8 Å². The van der Waals surface area contributed by atoms with Gasteiger partial charge in [-0.05, 0) is 60.5 Å². The molecule has 0 fully saturated rings. The quantitative estimate of drug-likeness (QED) is 0.149. The summed E-state index contributed by atoms with van der Waals surface area (Å²) in [5.41, 5.74) is 5.84. The fourth-order valence-corrected chi connectivity index (χ4v) is 5.40. The number of hydrazone groups is 1. The van der Waals surface area contributed by atoms with Crippen LogP contribution in [0.25, 0.3) is 0 Å². The van der Waals surface area contributed by atoms with Crippen LogP contribution in [0.5, 0.6) is 11.5 Å². The summed E-state index contributed by atoms with van der Waals surface area (Å²) in [6, 6.07) is 19.7. The Labute approximate surface area is 234 Å². The number of aryl methyl sites for hydroxylation is 1. The summed E-state index contributed by atoms with van der Waals surface area (Å²) in [5, 5.41) is 16.0. The second kappa shape index (κ2) is 13.5. The van der Waals surface area contributed by atoms with Crippen LogP contribution in [0.2, 0.25) is 0 Å². The van der Waals surface area contributed by atoms with Crippen molar-refractivity contribution in [2.45, 2.75) is 23.4 Å². The van der Waals surface area contributed by atoms with Crippen molar-refractivity contribution in [1.82, 2.24) is 15.6 Å². The van der Waals surface area contributed by atoms with Gasteiger partial charge in [0.2, 0.25) is 5.91 Å². The zero-order chi connectivity index (χ0) is 27.6. The lowest BCUT2D eigenvalue weighted by Crippen LogP contribution is -2.22. The molecule has 11 heteroatoms. The summed E-state index contributed by atoms with van der Waals surface area (Å²) in [6.45, 7) is 1.92. The topological polar surface area (TPSA) is 115 Å². The van der Waals surface area contributed by atoms with Crippen molar-refractivity contribution < 1.29 is 19.1 Å². The molecule has 4 aromatic rings. The molecule has 0 spiro atoms. The molecule has 39 heavy (non-hydrogen) atoms. The minimum atomic E-state index is -0.442. The number of amides is 2. The van der Waals surface area contributed by atoms with Crippen LogP contribution >= 0.6 is 23.1 Å². The van der Waals surface area contributed by atoms with Crippen LogP contribution in [0.4, 0.5) is 5.69 Å². The van der Waals surface area contributed by atoms with E-state index in [9.17, 15) is 9.59 Å². The number of nitrogens with one attached hydrogen (secondary N) is 2. The van der Waals surface area contributed by atoms with E-state index in [2.05, 4.69) is 26.0 Å². The molecule has 0 saturated carbocycles. The number of rotatable bonds is 11. The zero-order valence-corrected chi connectivity index (χ0v) is 23.3. The molecule has 0 aliphatic carbocycles. The minimum absolute atomic E-state index is 0.162. The lowest BCUT2D eigenvalue weighted by molar-refractivity contribution is -0.115. The van der Waals surface area contributed by atoms with Crippen molar-refractivity contribution in [3.05, 3.63) is 94.0 Å². The molecule has 0 aliphatic heterocycles. The van der Waals surface area contributed by atoms with Crippen LogP contribution in [-0.4, -0.2) is 42.4 Å². The molecule has 0 atom stereocenters. The normalized spacial score (nSPS) is 10.8. The molecule has 2 N–H and O–H groups in total. The summed E-state index contributed by atoms with van der Waals surface area (Å²) in [4.78, 5) is 25.5. The Kier molecular flexibility index (Phi) is 9.65. The van der Waals surface area contributed by atoms with E-state index in [4.69, 9.17) is 9.47 Å². The van der Waals surface area contributed by atoms with Gasteiger partial charge < -0.3 is 14.8 Å². The Morgan fingerprint density at radius 3 is 2.54 bits per heavy atom. The Hall–Kier alpha value is -4.22. The lowest BCUT2D eigenvalue weighted by atomic mass is 10.1. The first-order chi connectivity index (χ1) is 18.9. The molecule has 9 nitrogen and oxygen atoms in total. The van der Waals surface area contributed by atoms with E-state index in [1.54, 1.807) is 79.9 Å². The van der Waals surface area contributed by atoms with Crippen molar-refractivity contribution in [3.8, 4) is 11.5 Å². The third-order valence-electron chi connectivity index (χ3n) is 5.51. The average molecular weight is 562 g/mol. The number of ether oxygens (including phenoxy) is 2. The highest BCUT2D eigenvalue weighted by Gasteiger charge is 2.13. The van der Waals surface area contributed by atoms with Crippen LogP contribution in [0.15, 0.2) is 76.2 Å². The monoisotopic (exact) mass is 561 g/mol. The maximum absolute atomic E-state index is 12.9. The Bertz CT molecular complexity index is 1470. The number of carbonyl (C=O) groups is 2. The maximum atomic E-state index is 12.9. The molecule has 3 aromatic carbocycles. The van der Waals surface area contributed by atoms with Crippen molar-refractivity contribution in [1.29, 1.82) is 0 Å². The second-order valence-corrected chi connectivity index (χ2v) is 10.7. The molecular formula is C28H27N5O4S2. The molecule has 0 aliphatic rings. The molecule has 0 unspecified atom stereocenters. The third kappa shape index (κ3) is 7.88. The van der Waals surface area contributed by atoms with Gasteiger partial charge in [0.05, 0.1) is 38.1 Å². The molecule has 1 aromatic heterocycles. The van der Waals surface area contributed by atoms with Gasteiger partial charge in [0.15, 0.2) is 4.34 Å². The number of carbonyl (C=O) groups excluding carboxylic acids is 2. The Balaban J connectivity index is 1.38.